The molecule has 1 aromatic heterocycles. The van der Waals surface area contributed by atoms with Crippen LogP contribution in [0.3, 0.4) is 0 Å². The molecule has 1 fully saturated rings. The zero-order chi connectivity index (χ0) is 27.2. The first-order chi connectivity index (χ1) is 17.2. The third kappa shape index (κ3) is 5.60. The van der Waals surface area contributed by atoms with Crippen molar-refractivity contribution in [1.82, 2.24) is 10.3 Å². The summed E-state index contributed by atoms with van der Waals surface area (Å²) in [5.41, 5.74) is 3.24. The van der Waals surface area contributed by atoms with Crippen molar-refractivity contribution >= 4 is 31.4 Å². The molecule has 3 unspecified atom stereocenters. The minimum atomic E-state index is -3.03. The highest BCUT2D eigenvalue weighted by molar-refractivity contribution is 7.18. The fourth-order valence-electron chi connectivity index (χ4n) is 4.80. The van der Waals surface area contributed by atoms with E-state index in [0.717, 1.165) is 47.4 Å². The van der Waals surface area contributed by atoms with Crippen LogP contribution in [0.2, 0.25) is 0 Å². The molecule has 1 heterocycles. The molecule has 3 aromatic rings. The fraction of sp³-hybridized carbons (Fsp3) is 0.400. The monoisotopic (exact) mass is 525 g/mol. The van der Waals surface area contributed by atoms with Crippen molar-refractivity contribution in [3.8, 4) is 0 Å². The lowest BCUT2D eigenvalue weighted by Crippen LogP contribution is -2.41. The van der Waals surface area contributed by atoms with Crippen molar-refractivity contribution in [2.45, 2.75) is 69.7 Å². The Morgan fingerprint density at radius 2 is 1.70 bits per heavy atom. The number of hydrogen-bond acceptors (Lipinski definition) is 3. The van der Waals surface area contributed by atoms with Gasteiger partial charge in [-0.2, -0.15) is 0 Å². The Bertz CT molecular complexity index is 1370. The van der Waals surface area contributed by atoms with E-state index in [2.05, 4.69) is 31.1 Å². The average molecular weight is 526 g/mol. The van der Waals surface area contributed by atoms with Crippen LogP contribution in [0.15, 0.2) is 60.4 Å². The molecule has 1 N–H and O–H groups in total. The normalized spacial score (nSPS) is 17.8. The molecule has 0 saturated heterocycles. The number of halogens is 3. The summed E-state index contributed by atoms with van der Waals surface area (Å²) in [5.74, 6) is -3.03. The molecule has 3 atom stereocenters. The van der Waals surface area contributed by atoms with Gasteiger partial charge in [0.05, 0.1) is 0 Å². The zero-order valence-electron chi connectivity index (χ0n) is 22.1. The third-order valence-electron chi connectivity index (χ3n) is 7.50. The van der Waals surface area contributed by atoms with Gasteiger partial charge in [-0.3, -0.25) is 9.98 Å². The third-order valence-corrected chi connectivity index (χ3v) is 8.14. The van der Waals surface area contributed by atoms with Crippen LogP contribution in [0, 0.1) is 6.92 Å². The molecule has 37 heavy (non-hydrogen) atoms. The van der Waals surface area contributed by atoms with Gasteiger partial charge in [0.1, 0.15) is 5.41 Å². The SMILES string of the molecule is C=C(NC1CC1)c1ccc(C(CC(C)(c2cc(C)cc(C(C)(F)F)c2)C(C)(F)P)=NC)c2ccncc12. The molecule has 0 bridgehead atoms. The minimum Gasteiger partial charge on any atom is -0.382 e. The second-order valence-electron chi connectivity index (χ2n) is 10.7. The molecule has 2 aromatic carbocycles. The number of nitrogens with one attached hydrogen (secondary N) is 1. The predicted octanol–water partition coefficient (Wildman–Crippen LogP) is 7.71. The van der Waals surface area contributed by atoms with E-state index >= 15 is 4.39 Å². The highest BCUT2D eigenvalue weighted by atomic mass is 31.0. The van der Waals surface area contributed by atoms with Crippen LogP contribution in [0.4, 0.5) is 13.2 Å². The van der Waals surface area contributed by atoms with Gasteiger partial charge < -0.3 is 5.32 Å². The topological polar surface area (TPSA) is 37.3 Å². The summed E-state index contributed by atoms with van der Waals surface area (Å²) < 4.78 is 44.6. The van der Waals surface area contributed by atoms with Crippen LogP contribution in [0.1, 0.15) is 67.9 Å². The molecule has 4 rings (SSSR count). The number of rotatable bonds is 9. The smallest absolute Gasteiger partial charge is 0.270 e. The maximum atomic E-state index is 16.0. The average Bonchev–Trinajstić information content (AvgIpc) is 3.64. The van der Waals surface area contributed by atoms with Gasteiger partial charge in [0.25, 0.3) is 5.92 Å². The van der Waals surface area contributed by atoms with Crippen LogP contribution in [-0.2, 0) is 11.3 Å². The number of aliphatic imine (C=N–C) groups is 1. The lowest BCUT2D eigenvalue weighted by atomic mass is 9.72. The number of nitrogens with zero attached hydrogens (tertiary/aromatic N) is 2. The van der Waals surface area contributed by atoms with Crippen LogP contribution in [-0.4, -0.2) is 29.2 Å². The first kappa shape index (κ1) is 27.3. The van der Waals surface area contributed by atoms with Crippen LogP contribution in [0.25, 0.3) is 16.5 Å². The van der Waals surface area contributed by atoms with Crippen molar-refractivity contribution in [3.63, 3.8) is 0 Å². The first-order valence-corrected chi connectivity index (χ1v) is 13.1. The Hall–Kier alpha value is -2.72. The van der Waals surface area contributed by atoms with Crippen molar-refractivity contribution in [2.24, 2.45) is 4.99 Å². The Morgan fingerprint density at radius 1 is 1.05 bits per heavy atom. The van der Waals surface area contributed by atoms with Crippen LogP contribution >= 0.6 is 9.24 Å². The van der Waals surface area contributed by atoms with E-state index in [1.165, 1.54) is 19.1 Å². The molecule has 0 amide bonds. The van der Waals surface area contributed by atoms with E-state index in [9.17, 15) is 8.78 Å². The quantitative estimate of drug-likeness (QED) is 0.230. The second-order valence-corrected chi connectivity index (χ2v) is 11.8. The van der Waals surface area contributed by atoms with Gasteiger partial charge in [-0.05, 0) is 49.8 Å². The first-order valence-electron chi connectivity index (χ1n) is 12.5. The standard InChI is InChI=1S/C30H35F3N3P/c1-18-13-20(15-21(14-18)29(4,31)32)28(3,30(5,33)37)16-27(34-6)25-10-9-23(19(2)36-22-7-8-22)26-17-35-12-11-24(25)26/h9-15,17,22,36H,2,7-8,16,37H2,1,3-6H3. The molecule has 1 aliphatic carbocycles. The van der Waals surface area contributed by atoms with E-state index in [0.29, 0.717) is 22.9 Å². The maximum Gasteiger partial charge on any atom is 0.270 e. The molecule has 196 valence electrons. The summed E-state index contributed by atoms with van der Waals surface area (Å²) in [4.78, 5) is 8.93. The molecule has 1 saturated carbocycles. The Balaban J connectivity index is 1.81. The largest absolute Gasteiger partial charge is 0.382 e. The number of hydrogen-bond donors (Lipinski definition) is 1. The summed E-state index contributed by atoms with van der Waals surface area (Å²) in [6.07, 6.45) is 6.02. The van der Waals surface area contributed by atoms with Gasteiger partial charge in [0.15, 0.2) is 0 Å². The minimum absolute atomic E-state index is 0.125. The molecular weight excluding hydrogens is 490 g/mol. The molecule has 0 radical (unpaired) electrons. The van der Waals surface area contributed by atoms with Gasteiger partial charge >= 0.3 is 0 Å². The number of pyridine rings is 1. The maximum absolute atomic E-state index is 16.0. The Labute approximate surface area is 219 Å². The van der Waals surface area contributed by atoms with E-state index < -0.39 is 16.7 Å². The lowest BCUT2D eigenvalue weighted by molar-refractivity contribution is 0.0171. The molecule has 1 aliphatic rings. The van der Waals surface area contributed by atoms with E-state index in [-0.39, 0.29) is 12.0 Å². The number of fused-ring (bicyclic) bond motifs is 1. The molecule has 0 spiro atoms. The predicted molar refractivity (Wildman–Crippen MR) is 151 cm³/mol. The number of benzene rings is 2. The van der Waals surface area contributed by atoms with Gasteiger partial charge in [0.2, 0.25) is 0 Å². The van der Waals surface area contributed by atoms with Gasteiger partial charge in [-0.15, -0.1) is 0 Å². The van der Waals surface area contributed by atoms with Gasteiger partial charge in [-0.1, -0.05) is 52.6 Å². The second kappa shape index (κ2) is 9.87. The summed E-state index contributed by atoms with van der Waals surface area (Å²) in [5, 5.41) is 3.52. The summed E-state index contributed by atoms with van der Waals surface area (Å²) >= 11 is 0. The number of aryl methyl sites for hydroxylation is 1. The molecule has 0 aliphatic heterocycles. The Kier molecular flexibility index (Phi) is 7.29. The number of aromatic nitrogens is 1. The highest BCUT2D eigenvalue weighted by Gasteiger charge is 2.45. The molecular formula is C30H35F3N3P. The summed E-state index contributed by atoms with van der Waals surface area (Å²) in [6.45, 7) is 10.1. The summed E-state index contributed by atoms with van der Waals surface area (Å²) in [7, 11) is 3.96. The van der Waals surface area contributed by atoms with Crippen molar-refractivity contribution in [2.75, 3.05) is 7.05 Å². The van der Waals surface area contributed by atoms with Gasteiger partial charge in [0, 0.05) is 77.7 Å². The van der Waals surface area contributed by atoms with E-state index in [1.807, 2.05) is 24.4 Å². The lowest BCUT2D eigenvalue weighted by Gasteiger charge is -2.40. The number of alkyl halides is 3. The summed E-state index contributed by atoms with van der Waals surface area (Å²) in [6, 6.07) is 11.1. The van der Waals surface area contributed by atoms with E-state index in [4.69, 9.17) is 0 Å². The fourth-order valence-corrected chi connectivity index (χ4v) is 5.07. The highest BCUT2D eigenvalue weighted by Crippen LogP contribution is 2.47. The van der Waals surface area contributed by atoms with Crippen molar-refractivity contribution in [1.29, 1.82) is 0 Å². The van der Waals surface area contributed by atoms with E-state index in [1.54, 1.807) is 33.2 Å². The van der Waals surface area contributed by atoms with Crippen molar-refractivity contribution < 1.29 is 13.2 Å². The van der Waals surface area contributed by atoms with Gasteiger partial charge in [-0.25, -0.2) is 13.2 Å². The zero-order valence-corrected chi connectivity index (χ0v) is 23.3. The molecule has 3 nitrogen and oxygen atoms in total. The van der Waals surface area contributed by atoms with Crippen LogP contribution < -0.4 is 5.32 Å². The van der Waals surface area contributed by atoms with Crippen LogP contribution in [0.5, 0.6) is 0 Å². The molecule has 7 heteroatoms. The Morgan fingerprint density at radius 3 is 2.30 bits per heavy atom. The van der Waals surface area contributed by atoms with Crippen molar-refractivity contribution in [3.05, 3.63) is 83.2 Å².